The second kappa shape index (κ2) is 7.45. The van der Waals surface area contributed by atoms with Crippen LogP contribution in [-0.2, 0) is 16.1 Å². The molecule has 1 aliphatic rings. The molecule has 0 unspecified atom stereocenters. The van der Waals surface area contributed by atoms with Crippen molar-refractivity contribution in [2.75, 3.05) is 18.6 Å². The number of amides is 2. The Hall–Kier alpha value is -3.06. The maximum Gasteiger partial charge on any atom is 0.410 e. The summed E-state index contributed by atoms with van der Waals surface area (Å²) in [4.78, 5) is 25.9. The molecule has 3 rings (SSSR count). The molecule has 0 saturated carbocycles. The van der Waals surface area contributed by atoms with Crippen LogP contribution in [0.25, 0.3) is 0 Å². The number of hydrogen-bond acceptors (Lipinski definition) is 5. The number of hydrogen-bond donors (Lipinski definition) is 2. The second-order valence-corrected chi connectivity index (χ2v) is 5.88. The molecule has 0 radical (unpaired) electrons. The van der Waals surface area contributed by atoms with Crippen LogP contribution >= 0.6 is 0 Å². The van der Waals surface area contributed by atoms with Gasteiger partial charge in [-0.05, 0) is 18.2 Å². The van der Waals surface area contributed by atoms with Crippen LogP contribution in [0.1, 0.15) is 12.0 Å². The third-order valence-electron chi connectivity index (χ3n) is 4.20. The van der Waals surface area contributed by atoms with E-state index in [1.807, 2.05) is 18.2 Å². The number of alkyl carbamates (subject to hydrolysis) is 1. The molecule has 1 aliphatic heterocycles. The van der Waals surface area contributed by atoms with E-state index in [1.54, 1.807) is 36.4 Å². The highest BCUT2D eigenvalue weighted by atomic mass is 16.7. The van der Waals surface area contributed by atoms with Crippen molar-refractivity contribution in [3.05, 3.63) is 60.2 Å². The number of aliphatic hydroxyl groups is 1. The van der Waals surface area contributed by atoms with Crippen molar-refractivity contribution >= 4 is 17.7 Å². The third-order valence-corrected chi connectivity index (χ3v) is 4.20. The molecule has 1 fully saturated rings. The lowest BCUT2D eigenvalue weighted by atomic mass is 10.2. The van der Waals surface area contributed by atoms with Gasteiger partial charge in [0.2, 0.25) is 0 Å². The Kier molecular flexibility index (Phi) is 5.09. The Labute approximate surface area is 151 Å². The van der Waals surface area contributed by atoms with Gasteiger partial charge < -0.3 is 24.8 Å². The van der Waals surface area contributed by atoms with E-state index >= 15 is 0 Å². The highest BCUT2D eigenvalue weighted by molar-refractivity contribution is 6.01. The van der Waals surface area contributed by atoms with E-state index in [0.29, 0.717) is 11.4 Å². The second-order valence-electron chi connectivity index (χ2n) is 5.88. The van der Waals surface area contributed by atoms with Gasteiger partial charge in [-0.25, -0.2) is 4.79 Å². The quantitative estimate of drug-likeness (QED) is 0.801. The number of benzene rings is 2. The van der Waals surface area contributed by atoms with Gasteiger partial charge in [0.15, 0.2) is 0 Å². The van der Waals surface area contributed by atoms with E-state index < -0.39 is 17.8 Å². The minimum Gasteiger partial charge on any atom is -0.496 e. The van der Waals surface area contributed by atoms with Crippen LogP contribution < -0.4 is 15.0 Å². The molecule has 7 nitrogen and oxygen atoms in total. The van der Waals surface area contributed by atoms with Crippen LogP contribution in [0.15, 0.2) is 54.6 Å². The number of nitrogens with one attached hydrogen (secondary N) is 1. The first kappa shape index (κ1) is 17.8. The Bertz CT molecular complexity index is 796. The highest BCUT2D eigenvalue weighted by Crippen LogP contribution is 2.29. The molecule has 0 aromatic heterocycles. The van der Waals surface area contributed by atoms with Crippen LogP contribution in [0.5, 0.6) is 5.75 Å². The summed E-state index contributed by atoms with van der Waals surface area (Å²) in [5, 5.41) is 13.0. The maximum absolute atomic E-state index is 12.5. The monoisotopic (exact) mass is 356 g/mol. The molecule has 0 aliphatic carbocycles. The van der Waals surface area contributed by atoms with Crippen molar-refractivity contribution in [1.82, 2.24) is 5.32 Å². The number of carbonyl (C=O) groups is 2. The van der Waals surface area contributed by atoms with Gasteiger partial charge in [0.05, 0.1) is 7.11 Å². The standard InChI is InChI=1S/C19H20N2O5/c1-25-16-10-6-5-7-14(16)13-20-18(23)26-19(24)11-12-21(17(19)22)15-8-3-2-4-9-15/h2-10,24H,11-13H2,1H3,(H,20,23)/t19-/m0/s1. The lowest BCUT2D eigenvalue weighted by Crippen LogP contribution is -2.46. The molecule has 0 bridgehead atoms. The van der Waals surface area contributed by atoms with Crippen molar-refractivity contribution < 1.29 is 24.2 Å². The van der Waals surface area contributed by atoms with Crippen molar-refractivity contribution in [3.63, 3.8) is 0 Å². The van der Waals surface area contributed by atoms with Gasteiger partial charge in [-0.1, -0.05) is 36.4 Å². The van der Waals surface area contributed by atoms with E-state index in [-0.39, 0.29) is 19.5 Å². The van der Waals surface area contributed by atoms with Crippen molar-refractivity contribution in [3.8, 4) is 5.75 Å². The fourth-order valence-electron chi connectivity index (χ4n) is 2.84. The molecular weight excluding hydrogens is 336 g/mol. The van der Waals surface area contributed by atoms with E-state index in [1.165, 1.54) is 12.0 Å². The molecule has 136 valence electrons. The van der Waals surface area contributed by atoms with Crippen LogP contribution in [0.4, 0.5) is 10.5 Å². The first-order chi connectivity index (χ1) is 12.5. The molecule has 0 spiro atoms. The fraction of sp³-hybridized carbons (Fsp3) is 0.263. The smallest absolute Gasteiger partial charge is 0.410 e. The molecule has 1 heterocycles. The minimum atomic E-state index is -2.17. The average Bonchev–Trinajstić information content (AvgIpc) is 2.95. The molecule has 2 aromatic carbocycles. The van der Waals surface area contributed by atoms with Gasteiger partial charge in [0.1, 0.15) is 5.75 Å². The number of para-hydroxylation sites is 2. The maximum atomic E-state index is 12.5. The van der Waals surface area contributed by atoms with Crippen molar-refractivity contribution in [1.29, 1.82) is 0 Å². The van der Waals surface area contributed by atoms with Crippen LogP contribution in [0.3, 0.4) is 0 Å². The number of rotatable bonds is 5. The largest absolute Gasteiger partial charge is 0.496 e. The number of anilines is 1. The molecule has 2 amide bonds. The molecule has 1 atom stereocenters. The summed E-state index contributed by atoms with van der Waals surface area (Å²) in [6.45, 7) is 0.411. The molecular formula is C19H20N2O5. The highest BCUT2D eigenvalue weighted by Gasteiger charge is 2.49. The predicted octanol–water partition coefficient (Wildman–Crippen LogP) is 2.05. The summed E-state index contributed by atoms with van der Waals surface area (Å²) in [5.74, 6) is -2.20. The summed E-state index contributed by atoms with van der Waals surface area (Å²) in [6, 6.07) is 16.1. The number of carbonyl (C=O) groups excluding carboxylic acids is 2. The SMILES string of the molecule is COc1ccccc1CNC(=O)O[C@@]1(O)CCN(c2ccccc2)C1=O. The average molecular weight is 356 g/mol. The lowest BCUT2D eigenvalue weighted by molar-refractivity contribution is -0.175. The molecule has 2 aromatic rings. The topological polar surface area (TPSA) is 88.1 Å². The van der Waals surface area contributed by atoms with Gasteiger partial charge >= 0.3 is 6.09 Å². The number of methoxy groups -OCH3 is 1. The molecule has 26 heavy (non-hydrogen) atoms. The van der Waals surface area contributed by atoms with Gasteiger partial charge in [-0.2, -0.15) is 0 Å². The van der Waals surface area contributed by atoms with Crippen LogP contribution in [0.2, 0.25) is 0 Å². The zero-order valence-electron chi connectivity index (χ0n) is 14.3. The molecule has 2 N–H and O–H groups in total. The predicted molar refractivity (Wildman–Crippen MR) is 94.7 cm³/mol. The van der Waals surface area contributed by atoms with Gasteiger partial charge in [-0.15, -0.1) is 0 Å². The molecule has 1 saturated heterocycles. The summed E-state index contributed by atoms with van der Waals surface area (Å²) in [5.41, 5.74) is 1.40. The first-order valence-electron chi connectivity index (χ1n) is 8.21. The Morgan fingerprint density at radius 1 is 1.19 bits per heavy atom. The summed E-state index contributed by atoms with van der Waals surface area (Å²) < 4.78 is 10.2. The van der Waals surface area contributed by atoms with Crippen molar-refractivity contribution in [2.24, 2.45) is 0 Å². The Morgan fingerprint density at radius 3 is 2.62 bits per heavy atom. The van der Waals surface area contributed by atoms with E-state index in [9.17, 15) is 14.7 Å². The summed E-state index contributed by atoms with van der Waals surface area (Å²) in [6.07, 6.45) is -0.871. The fourth-order valence-corrected chi connectivity index (χ4v) is 2.84. The number of nitrogens with zero attached hydrogens (tertiary/aromatic N) is 1. The zero-order valence-corrected chi connectivity index (χ0v) is 14.3. The van der Waals surface area contributed by atoms with E-state index in [4.69, 9.17) is 9.47 Å². The van der Waals surface area contributed by atoms with Crippen molar-refractivity contribution in [2.45, 2.75) is 18.8 Å². The summed E-state index contributed by atoms with van der Waals surface area (Å²) >= 11 is 0. The van der Waals surface area contributed by atoms with Gasteiger partial charge in [0.25, 0.3) is 11.7 Å². The minimum absolute atomic E-state index is 0.00278. The van der Waals surface area contributed by atoms with E-state index in [0.717, 1.165) is 5.56 Å². The van der Waals surface area contributed by atoms with Crippen LogP contribution in [-0.4, -0.2) is 36.5 Å². The Balaban J connectivity index is 1.61. The third kappa shape index (κ3) is 3.62. The van der Waals surface area contributed by atoms with Gasteiger partial charge in [0, 0.05) is 30.8 Å². The lowest BCUT2D eigenvalue weighted by Gasteiger charge is -2.22. The molecule has 7 heteroatoms. The Morgan fingerprint density at radius 2 is 1.88 bits per heavy atom. The van der Waals surface area contributed by atoms with Gasteiger partial charge in [-0.3, -0.25) is 4.79 Å². The summed E-state index contributed by atoms with van der Waals surface area (Å²) in [7, 11) is 1.54. The normalized spacial score (nSPS) is 19.3. The first-order valence-corrected chi connectivity index (χ1v) is 8.21. The van der Waals surface area contributed by atoms with Crippen LogP contribution in [0, 0.1) is 0 Å². The van der Waals surface area contributed by atoms with E-state index in [2.05, 4.69) is 5.32 Å². The number of ether oxygens (including phenoxy) is 2. The zero-order chi connectivity index (χ0) is 18.6.